The van der Waals surface area contributed by atoms with E-state index in [4.69, 9.17) is 4.99 Å². The Morgan fingerprint density at radius 1 is 0.560 bits per heavy atom. The highest BCUT2D eigenvalue weighted by Crippen LogP contribution is 2.46. The van der Waals surface area contributed by atoms with Crippen molar-refractivity contribution in [3.63, 3.8) is 0 Å². The summed E-state index contributed by atoms with van der Waals surface area (Å²) in [6.45, 7) is 4.11. The third kappa shape index (κ3) is 3.72. The van der Waals surface area contributed by atoms with E-state index in [1.54, 1.807) is 11.8 Å². The minimum atomic E-state index is 0.558. The number of nitrogens with zero attached hydrogens (tertiary/aromatic N) is 4. The average molecular weight is 657 g/mol. The van der Waals surface area contributed by atoms with Crippen LogP contribution in [0.3, 0.4) is 0 Å². The Balaban J connectivity index is 1.26. The lowest BCUT2D eigenvalue weighted by Crippen LogP contribution is -2.09. The Labute approximate surface area is 291 Å². The third-order valence-electron chi connectivity index (χ3n) is 10.4. The highest BCUT2D eigenvalue weighted by molar-refractivity contribution is 8.03. The number of benzene rings is 7. The van der Waals surface area contributed by atoms with Crippen LogP contribution >= 0.6 is 11.8 Å². The third-order valence-corrected chi connectivity index (χ3v) is 11.6. The summed E-state index contributed by atoms with van der Waals surface area (Å²) in [6.07, 6.45) is 0.836. The number of aliphatic imine (C=N–C) groups is 2. The second-order valence-electron chi connectivity index (χ2n) is 13.0. The zero-order chi connectivity index (χ0) is 32.9. The molecule has 0 unspecified atom stereocenters. The minimum Gasteiger partial charge on any atom is -0.307 e. The molecule has 0 N–H and O–H groups in total. The van der Waals surface area contributed by atoms with Crippen LogP contribution in [0.25, 0.3) is 76.4 Å². The van der Waals surface area contributed by atoms with Gasteiger partial charge in [0.15, 0.2) is 0 Å². The molecule has 0 radical (unpaired) electrons. The van der Waals surface area contributed by atoms with Gasteiger partial charge in [0.05, 0.1) is 33.3 Å². The maximum Gasteiger partial charge on any atom is 0.234 e. The van der Waals surface area contributed by atoms with Gasteiger partial charge in [-0.05, 0) is 41.9 Å². The van der Waals surface area contributed by atoms with E-state index >= 15 is 0 Å². The molecule has 4 heterocycles. The molecular weight excluding hydrogens is 629 g/mol. The van der Waals surface area contributed by atoms with Crippen molar-refractivity contribution in [1.29, 1.82) is 0 Å². The topological polar surface area (TPSA) is 34.1 Å². The van der Waals surface area contributed by atoms with Crippen LogP contribution in [0.1, 0.15) is 11.1 Å². The molecule has 1 aliphatic rings. The normalized spacial score (nSPS) is 14.7. The molecule has 234 valence electrons. The zero-order valence-electron chi connectivity index (χ0n) is 27.0. The van der Waals surface area contributed by atoms with Gasteiger partial charge in [-0.15, -0.1) is 0 Å². The fraction of sp³-hybridized carbons (Fsp3) is 0.0222. The van der Waals surface area contributed by atoms with Gasteiger partial charge in [-0.25, -0.2) is 9.98 Å². The van der Waals surface area contributed by atoms with Crippen LogP contribution < -0.4 is 0 Å². The first-order chi connectivity index (χ1) is 24.8. The van der Waals surface area contributed by atoms with Gasteiger partial charge in [0.25, 0.3) is 0 Å². The summed E-state index contributed by atoms with van der Waals surface area (Å²) in [7, 11) is 0. The molecule has 0 atom stereocenters. The number of hydrogen-bond acceptors (Lipinski definition) is 2. The summed E-state index contributed by atoms with van der Waals surface area (Å²) in [6, 6.07) is 52.3. The predicted molar refractivity (Wildman–Crippen MR) is 213 cm³/mol. The van der Waals surface area contributed by atoms with Crippen LogP contribution in [0, 0.1) is 0 Å². The molecule has 0 saturated carbocycles. The lowest BCUT2D eigenvalue weighted by molar-refractivity contribution is 1.19. The van der Waals surface area contributed by atoms with Gasteiger partial charge in [-0.1, -0.05) is 133 Å². The van der Waals surface area contributed by atoms with Crippen molar-refractivity contribution in [3.05, 3.63) is 162 Å². The smallest absolute Gasteiger partial charge is 0.234 e. The molecule has 1 aliphatic heterocycles. The maximum atomic E-state index is 5.43. The molecule has 11 rings (SSSR count). The zero-order valence-corrected chi connectivity index (χ0v) is 27.8. The standard InChI is InChI=1S/C45H28N4S/c1-46-45(47-42(28-12-3-2-4-13-28)39-26-29-14-5-10-21-38(29)50-39)48-36-20-9-7-16-34(36)41-37(48)25-23-27-22-24-33-32-18-11-17-31-30-15-6-8-19-35(30)49(43(31)32)44(33)40(27)41/h2-25H,1,26H2/b42-39+,47-45?. The van der Waals surface area contributed by atoms with E-state index in [-0.39, 0.29) is 0 Å². The van der Waals surface area contributed by atoms with E-state index in [0.29, 0.717) is 5.96 Å². The van der Waals surface area contributed by atoms with Gasteiger partial charge < -0.3 is 4.40 Å². The van der Waals surface area contributed by atoms with Crippen molar-refractivity contribution in [1.82, 2.24) is 8.97 Å². The molecule has 0 fully saturated rings. The molecule has 7 aromatic carbocycles. The maximum absolute atomic E-state index is 5.43. The van der Waals surface area contributed by atoms with E-state index in [1.807, 2.05) is 0 Å². The van der Waals surface area contributed by atoms with Crippen LogP contribution in [-0.2, 0) is 6.42 Å². The number of rotatable bonds is 2. The van der Waals surface area contributed by atoms with Crippen molar-refractivity contribution in [2.45, 2.75) is 11.3 Å². The van der Waals surface area contributed by atoms with E-state index in [0.717, 1.165) is 34.1 Å². The molecule has 0 saturated heterocycles. The predicted octanol–water partition coefficient (Wildman–Crippen LogP) is 11.7. The highest BCUT2D eigenvalue weighted by atomic mass is 32.2. The summed E-state index contributed by atoms with van der Waals surface area (Å²) < 4.78 is 4.70. The Kier molecular flexibility index (Phi) is 5.78. The SMILES string of the molecule is C=NC(=N/C(=C1\Cc2ccccc2S1)c1ccccc1)n1c2ccccc2c2c3c(ccc4c5cccc6c7ccccc7n(c65)c43)ccc21. The average Bonchev–Trinajstić information content (AvgIpc) is 3.93. The van der Waals surface area contributed by atoms with Crippen molar-refractivity contribution in [2.75, 3.05) is 0 Å². The van der Waals surface area contributed by atoms with Crippen LogP contribution in [0.15, 0.2) is 165 Å². The second-order valence-corrected chi connectivity index (χ2v) is 14.2. The Morgan fingerprint density at radius 3 is 2.08 bits per heavy atom. The summed E-state index contributed by atoms with van der Waals surface area (Å²) in [5, 5.41) is 9.91. The van der Waals surface area contributed by atoms with E-state index in [9.17, 15) is 0 Å². The molecule has 10 aromatic rings. The molecular formula is C45H28N4S. The van der Waals surface area contributed by atoms with Gasteiger partial charge in [0.2, 0.25) is 5.96 Å². The van der Waals surface area contributed by atoms with Gasteiger partial charge >= 0.3 is 0 Å². The molecule has 4 nitrogen and oxygen atoms in total. The Hall–Kier alpha value is -6.17. The summed E-state index contributed by atoms with van der Waals surface area (Å²) in [5.74, 6) is 0.558. The van der Waals surface area contributed by atoms with Crippen LogP contribution in [0.5, 0.6) is 0 Å². The second kappa shape index (κ2) is 10.4. The fourth-order valence-electron chi connectivity index (χ4n) is 8.35. The quantitative estimate of drug-likeness (QED) is 0.135. The number of fused-ring (bicyclic) bond motifs is 13. The van der Waals surface area contributed by atoms with Crippen molar-refractivity contribution < 1.29 is 0 Å². The Bertz CT molecular complexity index is 3080. The highest BCUT2D eigenvalue weighted by Gasteiger charge is 2.25. The molecule has 0 spiro atoms. The summed E-state index contributed by atoms with van der Waals surface area (Å²) >= 11 is 1.80. The van der Waals surface area contributed by atoms with Crippen molar-refractivity contribution >= 4 is 101 Å². The molecule has 5 heteroatoms. The number of para-hydroxylation sites is 3. The first kappa shape index (κ1) is 27.7. The first-order valence-electron chi connectivity index (χ1n) is 16.9. The number of hydrogen-bond donors (Lipinski definition) is 0. The molecule has 50 heavy (non-hydrogen) atoms. The Morgan fingerprint density at radius 2 is 1.24 bits per heavy atom. The van der Waals surface area contributed by atoms with Crippen LogP contribution in [0.2, 0.25) is 0 Å². The van der Waals surface area contributed by atoms with Crippen LogP contribution in [0.4, 0.5) is 0 Å². The summed E-state index contributed by atoms with van der Waals surface area (Å²) in [4.78, 5) is 12.6. The lowest BCUT2D eigenvalue weighted by Gasteiger charge is -2.12. The minimum absolute atomic E-state index is 0.558. The first-order valence-corrected chi connectivity index (χ1v) is 17.7. The fourth-order valence-corrected chi connectivity index (χ4v) is 9.53. The van der Waals surface area contributed by atoms with Gasteiger partial charge in [-0.3, -0.25) is 4.57 Å². The molecule has 3 aromatic heterocycles. The number of thioether (sulfide) groups is 1. The molecule has 0 amide bonds. The largest absolute Gasteiger partial charge is 0.307 e. The summed E-state index contributed by atoms with van der Waals surface area (Å²) in [5.41, 5.74) is 9.17. The monoisotopic (exact) mass is 656 g/mol. The van der Waals surface area contributed by atoms with E-state index in [2.05, 4.69) is 166 Å². The number of aromatic nitrogens is 2. The van der Waals surface area contributed by atoms with Gasteiger partial charge in [-0.2, -0.15) is 0 Å². The van der Waals surface area contributed by atoms with Gasteiger partial charge in [0.1, 0.15) is 0 Å². The van der Waals surface area contributed by atoms with E-state index < -0.39 is 0 Å². The lowest BCUT2D eigenvalue weighted by atomic mass is 10.00. The van der Waals surface area contributed by atoms with Gasteiger partial charge in [0, 0.05) is 59.5 Å². The van der Waals surface area contributed by atoms with E-state index in [1.165, 1.54) is 69.6 Å². The van der Waals surface area contributed by atoms with Crippen molar-refractivity contribution in [3.8, 4) is 0 Å². The molecule has 0 aliphatic carbocycles. The number of allylic oxidation sites excluding steroid dienone is 1. The molecule has 0 bridgehead atoms. The van der Waals surface area contributed by atoms with Crippen molar-refractivity contribution in [2.24, 2.45) is 9.98 Å². The van der Waals surface area contributed by atoms with Crippen LogP contribution in [-0.4, -0.2) is 21.6 Å².